The average Bonchev–Trinajstić information content (AvgIpc) is 2.63. The Morgan fingerprint density at radius 1 is 1.40 bits per heavy atom. The van der Waals surface area contributed by atoms with E-state index < -0.39 is 0 Å². The zero-order chi connectivity index (χ0) is 10.4. The van der Waals surface area contributed by atoms with E-state index in [1.807, 2.05) is 11.3 Å². The molecule has 2 fully saturated rings. The first-order chi connectivity index (χ1) is 7.28. The molecule has 1 aromatic heterocycles. The minimum atomic E-state index is 0.391. The molecule has 3 atom stereocenters. The van der Waals surface area contributed by atoms with E-state index >= 15 is 0 Å². The Morgan fingerprint density at radius 3 is 2.67 bits per heavy atom. The molecule has 0 bridgehead atoms. The predicted octanol–water partition coefficient (Wildman–Crippen LogP) is 2.61. The van der Waals surface area contributed by atoms with Gasteiger partial charge in [-0.1, -0.05) is 0 Å². The van der Waals surface area contributed by atoms with Crippen molar-refractivity contribution in [3.8, 4) is 0 Å². The number of hydrogen-bond acceptors (Lipinski definition) is 3. The van der Waals surface area contributed by atoms with Crippen LogP contribution in [-0.4, -0.2) is 0 Å². The fourth-order valence-electron chi connectivity index (χ4n) is 3.17. The van der Waals surface area contributed by atoms with Crippen molar-refractivity contribution in [1.29, 1.82) is 0 Å². The second-order valence-electron chi connectivity index (χ2n) is 5.12. The Labute approximate surface area is 94.8 Å². The molecule has 2 aliphatic carbocycles. The summed E-state index contributed by atoms with van der Waals surface area (Å²) in [6.45, 7) is 2.16. The van der Waals surface area contributed by atoms with Crippen LogP contribution in [-0.2, 0) is 0 Å². The van der Waals surface area contributed by atoms with Gasteiger partial charge in [-0.2, -0.15) is 0 Å². The van der Waals surface area contributed by atoms with E-state index in [4.69, 9.17) is 5.84 Å². The molecule has 1 aromatic rings. The standard InChI is InChI=1S/C12H18N2S/c1-7-2-11(6-15-7)12(14-13)10-4-8-3-9(8)5-10/h2,6,8-10,12,14H,3-5,13H2,1H3. The summed E-state index contributed by atoms with van der Waals surface area (Å²) >= 11 is 1.82. The van der Waals surface area contributed by atoms with Gasteiger partial charge in [0.25, 0.3) is 0 Å². The molecular weight excluding hydrogens is 204 g/mol. The van der Waals surface area contributed by atoms with Crippen LogP contribution in [0.15, 0.2) is 11.4 Å². The van der Waals surface area contributed by atoms with Crippen LogP contribution in [0, 0.1) is 24.7 Å². The Bertz CT molecular complexity index is 350. The maximum Gasteiger partial charge on any atom is 0.0496 e. The zero-order valence-electron chi connectivity index (χ0n) is 9.07. The van der Waals surface area contributed by atoms with Crippen molar-refractivity contribution in [2.75, 3.05) is 0 Å². The smallest absolute Gasteiger partial charge is 0.0496 e. The molecule has 2 aliphatic rings. The summed E-state index contributed by atoms with van der Waals surface area (Å²) in [4.78, 5) is 1.38. The van der Waals surface area contributed by atoms with Crippen molar-refractivity contribution in [3.63, 3.8) is 0 Å². The number of fused-ring (bicyclic) bond motifs is 1. The third-order valence-corrected chi connectivity index (χ3v) is 4.92. The monoisotopic (exact) mass is 222 g/mol. The first-order valence-electron chi connectivity index (χ1n) is 5.79. The Balaban J connectivity index is 1.76. The van der Waals surface area contributed by atoms with E-state index in [9.17, 15) is 0 Å². The van der Waals surface area contributed by atoms with Crippen molar-refractivity contribution in [1.82, 2.24) is 5.43 Å². The normalized spacial score (nSPS) is 35.2. The molecule has 0 radical (unpaired) electrons. The van der Waals surface area contributed by atoms with Crippen LogP contribution in [0.3, 0.4) is 0 Å². The van der Waals surface area contributed by atoms with Gasteiger partial charge in [-0.3, -0.25) is 11.3 Å². The summed E-state index contributed by atoms with van der Waals surface area (Å²) in [6.07, 6.45) is 4.25. The van der Waals surface area contributed by atoms with Crippen molar-refractivity contribution in [2.45, 2.75) is 32.2 Å². The number of thiophene rings is 1. The summed E-state index contributed by atoms with van der Waals surface area (Å²) in [5.74, 6) is 8.55. The highest BCUT2D eigenvalue weighted by atomic mass is 32.1. The van der Waals surface area contributed by atoms with Crippen LogP contribution in [0.25, 0.3) is 0 Å². The van der Waals surface area contributed by atoms with Crippen LogP contribution in [0.1, 0.15) is 35.7 Å². The topological polar surface area (TPSA) is 38.0 Å². The van der Waals surface area contributed by atoms with Gasteiger partial charge in [0, 0.05) is 10.9 Å². The van der Waals surface area contributed by atoms with Crippen LogP contribution in [0.2, 0.25) is 0 Å². The van der Waals surface area contributed by atoms with Gasteiger partial charge in [-0.05, 0) is 60.9 Å². The lowest BCUT2D eigenvalue weighted by molar-refractivity contribution is 0.346. The van der Waals surface area contributed by atoms with Crippen molar-refractivity contribution >= 4 is 11.3 Å². The van der Waals surface area contributed by atoms with Crippen molar-refractivity contribution in [2.24, 2.45) is 23.6 Å². The zero-order valence-corrected chi connectivity index (χ0v) is 9.89. The fraction of sp³-hybridized carbons (Fsp3) is 0.667. The average molecular weight is 222 g/mol. The highest BCUT2D eigenvalue weighted by Gasteiger charge is 2.47. The molecule has 0 aromatic carbocycles. The highest BCUT2D eigenvalue weighted by Crippen LogP contribution is 2.57. The number of hydrazine groups is 1. The SMILES string of the molecule is Cc1cc(C(NN)C2CC3CC3C2)cs1. The van der Waals surface area contributed by atoms with Crippen LogP contribution >= 0.6 is 11.3 Å². The molecule has 0 spiro atoms. The second-order valence-corrected chi connectivity index (χ2v) is 6.24. The number of nitrogens with one attached hydrogen (secondary N) is 1. The molecule has 0 saturated heterocycles. The van der Waals surface area contributed by atoms with Gasteiger partial charge in [-0.15, -0.1) is 11.3 Å². The van der Waals surface area contributed by atoms with Crippen LogP contribution in [0.4, 0.5) is 0 Å². The fourth-order valence-corrected chi connectivity index (χ4v) is 3.91. The third-order valence-electron chi connectivity index (χ3n) is 4.04. The third kappa shape index (κ3) is 1.73. The van der Waals surface area contributed by atoms with Crippen LogP contribution < -0.4 is 11.3 Å². The van der Waals surface area contributed by atoms with E-state index in [1.165, 1.54) is 29.7 Å². The van der Waals surface area contributed by atoms with Gasteiger partial charge in [0.05, 0.1) is 0 Å². The first kappa shape index (κ1) is 9.82. The summed E-state index contributed by atoms with van der Waals surface area (Å²) < 4.78 is 0. The largest absolute Gasteiger partial charge is 0.271 e. The lowest BCUT2D eigenvalue weighted by Gasteiger charge is -2.23. The Hall–Kier alpha value is -0.380. The quantitative estimate of drug-likeness (QED) is 0.609. The molecule has 0 amide bonds. The number of nitrogens with two attached hydrogens (primary N) is 1. The molecule has 82 valence electrons. The molecule has 2 nitrogen and oxygen atoms in total. The molecule has 3 heteroatoms. The van der Waals surface area contributed by atoms with E-state index in [2.05, 4.69) is 23.8 Å². The Morgan fingerprint density at radius 2 is 2.13 bits per heavy atom. The maximum atomic E-state index is 5.71. The second kappa shape index (κ2) is 3.58. The molecule has 0 aliphatic heterocycles. The molecule has 1 heterocycles. The minimum Gasteiger partial charge on any atom is -0.271 e. The lowest BCUT2D eigenvalue weighted by Crippen LogP contribution is -2.32. The number of hydrogen-bond donors (Lipinski definition) is 2. The van der Waals surface area contributed by atoms with Gasteiger partial charge in [-0.25, -0.2) is 0 Å². The molecule has 3 rings (SSSR count). The molecular formula is C12H18N2S. The molecule has 2 saturated carbocycles. The van der Waals surface area contributed by atoms with Gasteiger partial charge >= 0.3 is 0 Å². The maximum absolute atomic E-state index is 5.71. The van der Waals surface area contributed by atoms with Crippen LogP contribution in [0.5, 0.6) is 0 Å². The van der Waals surface area contributed by atoms with Gasteiger partial charge in [0.15, 0.2) is 0 Å². The van der Waals surface area contributed by atoms with E-state index in [-0.39, 0.29) is 0 Å². The highest BCUT2D eigenvalue weighted by molar-refractivity contribution is 7.10. The predicted molar refractivity (Wildman–Crippen MR) is 63.4 cm³/mol. The van der Waals surface area contributed by atoms with Gasteiger partial charge in [0.2, 0.25) is 0 Å². The van der Waals surface area contributed by atoms with E-state index in [0.717, 1.165) is 17.8 Å². The molecule has 3 unspecified atom stereocenters. The first-order valence-corrected chi connectivity index (χ1v) is 6.67. The number of rotatable bonds is 3. The van der Waals surface area contributed by atoms with Gasteiger partial charge in [0.1, 0.15) is 0 Å². The summed E-state index contributed by atoms with van der Waals surface area (Å²) in [6, 6.07) is 2.67. The lowest BCUT2D eigenvalue weighted by atomic mass is 9.91. The molecule has 3 N–H and O–H groups in total. The molecule has 15 heavy (non-hydrogen) atoms. The van der Waals surface area contributed by atoms with Gasteiger partial charge < -0.3 is 0 Å². The summed E-state index contributed by atoms with van der Waals surface area (Å²) in [5, 5.41) is 2.25. The van der Waals surface area contributed by atoms with Crippen molar-refractivity contribution in [3.05, 3.63) is 21.9 Å². The summed E-state index contributed by atoms with van der Waals surface area (Å²) in [5.41, 5.74) is 4.42. The van der Waals surface area contributed by atoms with E-state index in [1.54, 1.807) is 0 Å². The Kier molecular flexibility index (Phi) is 2.34. The van der Waals surface area contributed by atoms with E-state index in [0.29, 0.717) is 6.04 Å². The summed E-state index contributed by atoms with van der Waals surface area (Å²) in [7, 11) is 0. The minimum absolute atomic E-state index is 0.391. The number of aryl methyl sites for hydroxylation is 1. The van der Waals surface area contributed by atoms with Crippen molar-refractivity contribution < 1.29 is 0 Å².